The van der Waals surface area contributed by atoms with Crippen LogP contribution >= 0.6 is 0 Å². The highest BCUT2D eigenvalue weighted by molar-refractivity contribution is 7.89. The summed E-state index contributed by atoms with van der Waals surface area (Å²) in [5.74, 6) is -1.87. The molecule has 6 nitrogen and oxygen atoms in total. The predicted molar refractivity (Wildman–Crippen MR) is 72.5 cm³/mol. The van der Waals surface area contributed by atoms with E-state index in [0.717, 1.165) is 4.31 Å². The molecule has 0 spiro atoms. The van der Waals surface area contributed by atoms with Crippen LogP contribution in [0, 0.1) is 24.2 Å². The van der Waals surface area contributed by atoms with E-state index < -0.39 is 21.9 Å². The standard InChI is InChI=1S/C13H16N2O4S/c1-9-4-5-11(7-14)6-12(9)20(18,19)15(3)8-10(2)13(16)17/h4-6,10H,8H2,1-3H3,(H,16,17). The first-order valence-electron chi connectivity index (χ1n) is 5.90. The average Bonchev–Trinajstić information content (AvgIpc) is 2.38. The van der Waals surface area contributed by atoms with Gasteiger partial charge < -0.3 is 5.11 Å². The van der Waals surface area contributed by atoms with E-state index in [2.05, 4.69) is 0 Å². The molecule has 1 N–H and O–H groups in total. The Balaban J connectivity index is 3.17. The van der Waals surface area contributed by atoms with Crippen LogP contribution in [0.2, 0.25) is 0 Å². The fourth-order valence-corrected chi connectivity index (χ4v) is 3.18. The number of carboxylic acid groups (broad SMARTS) is 1. The van der Waals surface area contributed by atoms with E-state index in [1.807, 2.05) is 6.07 Å². The van der Waals surface area contributed by atoms with Gasteiger partial charge in [-0.15, -0.1) is 0 Å². The second kappa shape index (κ2) is 6.03. The van der Waals surface area contributed by atoms with Crippen molar-refractivity contribution in [3.63, 3.8) is 0 Å². The smallest absolute Gasteiger partial charge is 0.307 e. The number of nitriles is 1. The molecule has 0 radical (unpaired) electrons. The lowest BCUT2D eigenvalue weighted by molar-refractivity contribution is -0.141. The molecule has 1 atom stereocenters. The molecule has 0 fully saturated rings. The highest BCUT2D eigenvalue weighted by Gasteiger charge is 2.26. The number of nitrogens with zero attached hydrogens (tertiary/aromatic N) is 2. The lowest BCUT2D eigenvalue weighted by Gasteiger charge is -2.20. The van der Waals surface area contributed by atoms with Crippen LogP contribution in [0.5, 0.6) is 0 Å². The minimum Gasteiger partial charge on any atom is -0.481 e. The number of aliphatic carboxylic acids is 1. The van der Waals surface area contributed by atoms with Crippen molar-refractivity contribution in [2.45, 2.75) is 18.7 Å². The topological polar surface area (TPSA) is 98.5 Å². The van der Waals surface area contributed by atoms with Gasteiger partial charge >= 0.3 is 5.97 Å². The van der Waals surface area contributed by atoms with Gasteiger partial charge in [-0.05, 0) is 24.6 Å². The molecule has 1 aromatic carbocycles. The summed E-state index contributed by atoms with van der Waals surface area (Å²) in [4.78, 5) is 10.8. The first kappa shape index (κ1) is 16.1. The third-order valence-corrected chi connectivity index (χ3v) is 4.92. The molecule has 0 saturated heterocycles. The highest BCUT2D eigenvalue weighted by Crippen LogP contribution is 2.21. The molecule has 0 amide bonds. The summed E-state index contributed by atoms with van der Waals surface area (Å²) in [5, 5.41) is 17.7. The van der Waals surface area contributed by atoms with Gasteiger partial charge in [-0.1, -0.05) is 13.0 Å². The summed E-state index contributed by atoms with van der Waals surface area (Å²) in [6, 6.07) is 6.28. The summed E-state index contributed by atoms with van der Waals surface area (Å²) in [6.45, 7) is 2.93. The molecule has 1 unspecified atom stereocenters. The van der Waals surface area contributed by atoms with E-state index in [1.54, 1.807) is 13.0 Å². The number of hydrogen-bond donors (Lipinski definition) is 1. The Labute approximate surface area is 118 Å². The largest absolute Gasteiger partial charge is 0.481 e. The van der Waals surface area contributed by atoms with Gasteiger partial charge in [0.15, 0.2) is 0 Å². The minimum absolute atomic E-state index is 0.0247. The molecule has 0 aromatic heterocycles. The van der Waals surface area contributed by atoms with Crippen LogP contribution in [0.3, 0.4) is 0 Å². The second-order valence-corrected chi connectivity index (χ2v) is 6.63. The monoisotopic (exact) mass is 296 g/mol. The maximum absolute atomic E-state index is 12.4. The molecule has 0 bridgehead atoms. The van der Waals surface area contributed by atoms with Crippen LogP contribution < -0.4 is 0 Å². The number of aryl methyl sites for hydroxylation is 1. The minimum atomic E-state index is -3.81. The second-order valence-electron chi connectivity index (χ2n) is 4.62. The van der Waals surface area contributed by atoms with Crippen LogP contribution in [0.4, 0.5) is 0 Å². The first-order chi connectivity index (χ1) is 9.20. The fourth-order valence-electron chi connectivity index (χ4n) is 1.68. The lowest BCUT2D eigenvalue weighted by atomic mass is 10.2. The summed E-state index contributed by atoms with van der Waals surface area (Å²) < 4.78 is 25.8. The third-order valence-electron chi connectivity index (χ3n) is 2.96. The van der Waals surface area contributed by atoms with Crippen molar-refractivity contribution in [2.75, 3.05) is 13.6 Å². The van der Waals surface area contributed by atoms with Gasteiger partial charge in [-0.25, -0.2) is 12.7 Å². The van der Waals surface area contributed by atoms with Gasteiger partial charge in [-0.3, -0.25) is 4.79 Å². The Morgan fingerprint density at radius 2 is 2.10 bits per heavy atom. The van der Waals surface area contributed by atoms with E-state index >= 15 is 0 Å². The van der Waals surface area contributed by atoms with Gasteiger partial charge in [0.25, 0.3) is 0 Å². The summed E-state index contributed by atoms with van der Waals surface area (Å²) in [7, 11) is -2.49. The van der Waals surface area contributed by atoms with Crippen LogP contribution in [-0.2, 0) is 14.8 Å². The molecule has 7 heteroatoms. The molecule has 1 aromatic rings. The fraction of sp³-hybridized carbons (Fsp3) is 0.385. The zero-order valence-corrected chi connectivity index (χ0v) is 12.3. The Bertz CT molecular complexity index is 661. The summed E-state index contributed by atoms with van der Waals surface area (Å²) in [5.41, 5.74) is 0.757. The van der Waals surface area contributed by atoms with Crippen LogP contribution in [0.1, 0.15) is 18.1 Å². The van der Waals surface area contributed by atoms with E-state index in [0.29, 0.717) is 5.56 Å². The van der Waals surface area contributed by atoms with Crippen molar-refractivity contribution in [1.82, 2.24) is 4.31 Å². The van der Waals surface area contributed by atoms with E-state index in [-0.39, 0.29) is 17.0 Å². The van der Waals surface area contributed by atoms with Gasteiger partial charge in [-0.2, -0.15) is 5.26 Å². The number of carbonyl (C=O) groups is 1. The van der Waals surface area contributed by atoms with Crippen molar-refractivity contribution < 1.29 is 18.3 Å². The Morgan fingerprint density at radius 1 is 1.50 bits per heavy atom. The van der Waals surface area contributed by atoms with Gasteiger partial charge in [0.05, 0.1) is 22.4 Å². The molecule has 20 heavy (non-hydrogen) atoms. The van der Waals surface area contributed by atoms with Gasteiger partial charge in [0.1, 0.15) is 0 Å². The van der Waals surface area contributed by atoms with Crippen molar-refractivity contribution in [2.24, 2.45) is 5.92 Å². The normalized spacial score (nSPS) is 12.9. The summed E-state index contributed by atoms with van der Waals surface area (Å²) >= 11 is 0. The van der Waals surface area contributed by atoms with Crippen LogP contribution in [0.15, 0.2) is 23.1 Å². The lowest BCUT2D eigenvalue weighted by Crippen LogP contribution is -2.34. The molecule has 0 aliphatic heterocycles. The molecule has 0 aliphatic carbocycles. The van der Waals surface area contributed by atoms with E-state index in [1.165, 1.54) is 26.1 Å². The predicted octanol–water partition coefficient (Wildman–Crippen LogP) is 1.21. The van der Waals surface area contributed by atoms with Crippen molar-refractivity contribution in [1.29, 1.82) is 5.26 Å². The number of carboxylic acids is 1. The molecule has 108 valence electrons. The van der Waals surface area contributed by atoms with E-state index in [9.17, 15) is 13.2 Å². The number of hydrogen-bond acceptors (Lipinski definition) is 4. The molecule has 0 aliphatic rings. The molecular formula is C13H16N2O4S. The van der Waals surface area contributed by atoms with Gasteiger partial charge in [0, 0.05) is 13.6 Å². The zero-order valence-electron chi connectivity index (χ0n) is 11.5. The Hall–Kier alpha value is -1.91. The van der Waals surface area contributed by atoms with Gasteiger partial charge in [0.2, 0.25) is 10.0 Å². The Kier molecular flexibility index (Phi) is 4.87. The number of benzene rings is 1. The molecule has 1 rings (SSSR count). The van der Waals surface area contributed by atoms with Crippen molar-refractivity contribution in [3.05, 3.63) is 29.3 Å². The summed E-state index contributed by atoms with van der Waals surface area (Å²) in [6.07, 6.45) is 0. The number of sulfonamides is 1. The SMILES string of the molecule is Cc1ccc(C#N)cc1S(=O)(=O)N(C)CC(C)C(=O)O. The average molecular weight is 296 g/mol. The molecule has 0 saturated carbocycles. The van der Waals surface area contributed by atoms with Crippen LogP contribution in [0.25, 0.3) is 0 Å². The Morgan fingerprint density at radius 3 is 2.60 bits per heavy atom. The van der Waals surface area contributed by atoms with E-state index in [4.69, 9.17) is 10.4 Å². The highest BCUT2D eigenvalue weighted by atomic mass is 32.2. The molecule has 0 heterocycles. The van der Waals surface area contributed by atoms with Crippen LogP contribution in [-0.4, -0.2) is 37.4 Å². The number of rotatable bonds is 5. The first-order valence-corrected chi connectivity index (χ1v) is 7.34. The van der Waals surface area contributed by atoms with Crippen molar-refractivity contribution in [3.8, 4) is 6.07 Å². The zero-order chi connectivity index (χ0) is 15.5. The quantitative estimate of drug-likeness (QED) is 0.880. The van der Waals surface area contributed by atoms with Crippen molar-refractivity contribution >= 4 is 16.0 Å². The maximum atomic E-state index is 12.4. The maximum Gasteiger partial charge on any atom is 0.307 e. The molecular weight excluding hydrogens is 280 g/mol. The third kappa shape index (κ3) is 3.35.